The van der Waals surface area contributed by atoms with E-state index in [4.69, 9.17) is 5.73 Å². The molecule has 0 aliphatic heterocycles. The first-order valence-electron chi connectivity index (χ1n) is 6.28. The number of halogens is 1. The second-order valence-electron chi connectivity index (χ2n) is 4.36. The molecule has 0 saturated carbocycles. The molecule has 4 heteroatoms. The Morgan fingerprint density at radius 2 is 2.18 bits per heavy atom. The quantitative estimate of drug-likeness (QED) is 0.611. The predicted molar refractivity (Wildman–Crippen MR) is 79.3 cm³/mol. The van der Waals surface area contributed by atoms with Crippen molar-refractivity contribution in [1.82, 2.24) is 4.57 Å². The third-order valence-electron chi connectivity index (χ3n) is 3.15. The summed E-state index contributed by atoms with van der Waals surface area (Å²) in [5, 5.41) is 0. The number of carbonyl (C=O) groups is 1. The van der Waals surface area contributed by atoms with Crippen molar-refractivity contribution < 1.29 is 4.79 Å². The molecular formula is C13H21IN2O. The van der Waals surface area contributed by atoms with Crippen molar-refractivity contribution in [2.45, 2.75) is 51.9 Å². The molecule has 96 valence electrons. The monoisotopic (exact) mass is 348 g/mol. The Bertz CT molecular complexity index is 373. The summed E-state index contributed by atoms with van der Waals surface area (Å²) in [5.74, 6) is 0.441. The van der Waals surface area contributed by atoms with Crippen LogP contribution in [0.1, 0.15) is 57.6 Å². The molecule has 1 amide bonds. The number of primary amides is 1. The first-order valence-corrected chi connectivity index (χ1v) is 7.36. The van der Waals surface area contributed by atoms with Gasteiger partial charge in [0, 0.05) is 21.4 Å². The van der Waals surface area contributed by atoms with Crippen molar-refractivity contribution in [3.05, 3.63) is 21.5 Å². The lowest BCUT2D eigenvalue weighted by Gasteiger charge is -2.17. The molecule has 17 heavy (non-hydrogen) atoms. The fourth-order valence-electron chi connectivity index (χ4n) is 2.18. The Kier molecular flexibility index (Phi) is 6.02. The molecule has 0 aliphatic rings. The molecule has 1 atom stereocenters. The smallest absolute Gasteiger partial charge is 0.323 e. The summed E-state index contributed by atoms with van der Waals surface area (Å²) in [7, 11) is 0. The van der Waals surface area contributed by atoms with Crippen molar-refractivity contribution in [3.8, 4) is 0 Å². The number of hydrogen-bond acceptors (Lipinski definition) is 1. The zero-order valence-electron chi connectivity index (χ0n) is 10.6. The number of nitrogens with zero attached hydrogens (tertiary/aromatic N) is 1. The first kappa shape index (κ1) is 14.5. The summed E-state index contributed by atoms with van der Waals surface area (Å²) < 4.78 is 2.74. The van der Waals surface area contributed by atoms with E-state index in [1.807, 2.05) is 6.07 Å². The van der Waals surface area contributed by atoms with E-state index in [2.05, 4.69) is 36.4 Å². The van der Waals surface area contributed by atoms with Crippen LogP contribution < -0.4 is 5.73 Å². The third kappa shape index (κ3) is 3.72. The molecule has 0 radical (unpaired) electrons. The molecule has 1 heterocycles. The van der Waals surface area contributed by atoms with Gasteiger partial charge in [0.1, 0.15) is 0 Å². The fraction of sp³-hybridized carbons (Fsp3) is 0.615. The van der Waals surface area contributed by atoms with Crippen molar-refractivity contribution in [3.63, 3.8) is 0 Å². The topological polar surface area (TPSA) is 48.0 Å². The summed E-state index contributed by atoms with van der Waals surface area (Å²) in [6, 6.07) is 1.58. The number of rotatable bonds is 6. The van der Waals surface area contributed by atoms with E-state index in [9.17, 15) is 4.79 Å². The predicted octanol–water partition coefficient (Wildman–Crippen LogP) is 4.09. The molecule has 0 fully saturated rings. The van der Waals surface area contributed by atoms with E-state index in [1.54, 1.807) is 10.8 Å². The number of unbranched alkanes of at least 4 members (excludes halogenated alkanes) is 2. The molecule has 1 unspecified atom stereocenters. The molecule has 0 spiro atoms. The molecule has 0 bridgehead atoms. The molecule has 1 aromatic heterocycles. The van der Waals surface area contributed by atoms with Gasteiger partial charge in [-0.2, -0.15) is 0 Å². The van der Waals surface area contributed by atoms with Gasteiger partial charge in [-0.1, -0.05) is 33.1 Å². The molecule has 3 nitrogen and oxygen atoms in total. The molecule has 0 saturated heterocycles. The van der Waals surface area contributed by atoms with Crippen molar-refractivity contribution in [2.24, 2.45) is 5.73 Å². The van der Waals surface area contributed by atoms with Crippen LogP contribution in [0.4, 0.5) is 4.79 Å². The van der Waals surface area contributed by atoms with Crippen LogP contribution in [0.5, 0.6) is 0 Å². The van der Waals surface area contributed by atoms with E-state index >= 15 is 0 Å². The molecule has 0 aliphatic carbocycles. The SMILES string of the molecule is CCCCCC(CC)c1c(I)ccn1C(N)=O. The van der Waals surface area contributed by atoms with E-state index in [-0.39, 0.29) is 6.03 Å². The highest BCUT2D eigenvalue weighted by Gasteiger charge is 2.19. The molecule has 1 aromatic rings. The van der Waals surface area contributed by atoms with Gasteiger partial charge < -0.3 is 5.73 Å². The Morgan fingerprint density at radius 3 is 2.71 bits per heavy atom. The zero-order chi connectivity index (χ0) is 12.8. The Labute approximate surface area is 117 Å². The van der Waals surface area contributed by atoms with Gasteiger partial charge in [0.05, 0.1) is 0 Å². The summed E-state index contributed by atoms with van der Waals surface area (Å²) in [4.78, 5) is 11.4. The largest absolute Gasteiger partial charge is 0.351 e. The average molecular weight is 348 g/mol. The maximum Gasteiger partial charge on any atom is 0.323 e. The van der Waals surface area contributed by atoms with Crippen LogP contribution in [0.25, 0.3) is 0 Å². The van der Waals surface area contributed by atoms with E-state index in [0.29, 0.717) is 5.92 Å². The van der Waals surface area contributed by atoms with Crippen LogP contribution >= 0.6 is 22.6 Å². The number of aromatic nitrogens is 1. The van der Waals surface area contributed by atoms with E-state index in [1.165, 1.54) is 19.3 Å². The number of nitrogens with two attached hydrogens (primary N) is 1. The van der Waals surface area contributed by atoms with E-state index in [0.717, 1.165) is 22.1 Å². The van der Waals surface area contributed by atoms with Crippen LogP contribution in [0, 0.1) is 3.57 Å². The van der Waals surface area contributed by atoms with Gasteiger partial charge in [0.2, 0.25) is 0 Å². The van der Waals surface area contributed by atoms with Gasteiger partial charge in [0.25, 0.3) is 0 Å². The Morgan fingerprint density at radius 1 is 1.47 bits per heavy atom. The number of amides is 1. The molecular weight excluding hydrogens is 327 g/mol. The minimum Gasteiger partial charge on any atom is -0.351 e. The summed E-state index contributed by atoms with van der Waals surface area (Å²) in [6.45, 7) is 4.38. The Balaban J connectivity index is 2.86. The van der Waals surface area contributed by atoms with E-state index < -0.39 is 0 Å². The molecule has 0 aromatic carbocycles. The summed E-state index contributed by atoms with van der Waals surface area (Å²) in [5.41, 5.74) is 6.49. The third-order valence-corrected chi connectivity index (χ3v) is 4.06. The van der Waals surface area contributed by atoms with Crippen molar-refractivity contribution in [2.75, 3.05) is 0 Å². The minimum absolute atomic E-state index is 0.378. The number of carbonyl (C=O) groups excluding carboxylic acids is 1. The van der Waals surface area contributed by atoms with Crippen LogP contribution in [-0.4, -0.2) is 10.6 Å². The lowest BCUT2D eigenvalue weighted by Crippen LogP contribution is -2.22. The molecule has 2 N–H and O–H groups in total. The van der Waals surface area contributed by atoms with Gasteiger partial charge in [0.15, 0.2) is 0 Å². The maximum absolute atomic E-state index is 11.4. The van der Waals surface area contributed by atoms with Gasteiger partial charge in [-0.05, 0) is 41.5 Å². The van der Waals surface area contributed by atoms with Gasteiger partial charge in [-0.25, -0.2) is 4.79 Å². The lowest BCUT2D eigenvalue weighted by atomic mass is 9.95. The highest BCUT2D eigenvalue weighted by atomic mass is 127. The second-order valence-corrected chi connectivity index (χ2v) is 5.52. The summed E-state index contributed by atoms with van der Waals surface area (Å²) in [6.07, 6.45) is 7.67. The fourth-order valence-corrected chi connectivity index (χ4v) is 3.04. The van der Waals surface area contributed by atoms with Crippen molar-refractivity contribution >= 4 is 28.6 Å². The van der Waals surface area contributed by atoms with Crippen LogP contribution in [0.15, 0.2) is 12.3 Å². The minimum atomic E-state index is -0.378. The zero-order valence-corrected chi connectivity index (χ0v) is 12.7. The summed E-state index contributed by atoms with van der Waals surface area (Å²) >= 11 is 2.29. The highest BCUT2D eigenvalue weighted by Crippen LogP contribution is 2.30. The van der Waals surface area contributed by atoms with Crippen LogP contribution in [0.2, 0.25) is 0 Å². The Hall–Kier alpha value is -0.520. The number of hydrogen-bond donors (Lipinski definition) is 1. The first-order chi connectivity index (χ1) is 8.11. The average Bonchev–Trinajstić information content (AvgIpc) is 2.67. The highest BCUT2D eigenvalue weighted by molar-refractivity contribution is 14.1. The maximum atomic E-state index is 11.4. The van der Waals surface area contributed by atoms with Gasteiger partial charge in [-0.15, -0.1) is 0 Å². The van der Waals surface area contributed by atoms with Gasteiger partial charge >= 0.3 is 6.03 Å². The van der Waals surface area contributed by atoms with Crippen LogP contribution in [-0.2, 0) is 0 Å². The van der Waals surface area contributed by atoms with Crippen LogP contribution in [0.3, 0.4) is 0 Å². The normalized spacial score (nSPS) is 12.6. The van der Waals surface area contributed by atoms with Crippen molar-refractivity contribution in [1.29, 1.82) is 0 Å². The standard InChI is InChI=1S/C13H21IN2O/c1-3-5-6-7-10(4-2)12-11(14)8-9-16(12)13(15)17/h8-10H,3-7H2,1-2H3,(H2,15,17). The lowest BCUT2D eigenvalue weighted by molar-refractivity contribution is 0.249. The second kappa shape index (κ2) is 7.03. The molecule has 1 rings (SSSR count). The van der Waals surface area contributed by atoms with Gasteiger partial charge in [-0.3, -0.25) is 4.57 Å².